The van der Waals surface area contributed by atoms with Crippen molar-refractivity contribution in [2.45, 2.75) is 65.2 Å². The standard InChI is InChI=1S/C17H28O3/c1-3-5-7-8-10-20-17(19)13-15-12-16(18)11-14(15)9-6-4-2/h4,6,14-15H,3,5,7-13H2,1-2H3. The smallest absolute Gasteiger partial charge is 0.306 e. The van der Waals surface area contributed by atoms with Gasteiger partial charge in [0.25, 0.3) is 0 Å². The molecule has 0 amide bonds. The molecule has 0 bridgehead atoms. The lowest BCUT2D eigenvalue weighted by atomic mass is 9.90. The third-order valence-electron chi connectivity index (χ3n) is 4.01. The van der Waals surface area contributed by atoms with E-state index in [-0.39, 0.29) is 11.9 Å². The molecule has 0 aromatic rings. The molecule has 0 spiro atoms. The zero-order chi connectivity index (χ0) is 14.8. The third-order valence-corrected chi connectivity index (χ3v) is 4.01. The molecule has 0 N–H and O–H groups in total. The zero-order valence-electron chi connectivity index (χ0n) is 12.9. The Morgan fingerprint density at radius 1 is 1.25 bits per heavy atom. The number of Topliss-reactive ketones (excluding diaryl/α,β-unsaturated/α-hetero) is 1. The van der Waals surface area contributed by atoms with E-state index in [0.717, 1.165) is 19.3 Å². The Balaban J connectivity index is 2.26. The Morgan fingerprint density at radius 2 is 2.00 bits per heavy atom. The lowest BCUT2D eigenvalue weighted by Crippen LogP contribution is -2.15. The van der Waals surface area contributed by atoms with Gasteiger partial charge in [0.15, 0.2) is 0 Å². The van der Waals surface area contributed by atoms with E-state index in [1.807, 2.05) is 13.0 Å². The van der Waals surface area contributed by atoms with E-state index in [9.17, 15) is 9.59 Å². The van der Waals surface area contributed by atoms with Gasteiger partial charge in [0.2, 0.25) is 0 Å². The summed E-state index contributed by atoms with van der Waals surface area (Å²) in [4.78, 5) is 23.4. The molecule has 0 heterocycles. The Kier molecular flexibility index (Phi) is 8.24. The van der Waals surface area contributed by atoms with Crippen molar-refractivity contribution >= 4 is 11.8 Å². The average Bonchev–Trinajstić information content (AvgIpc) is 2.76. The molecule has 3 nitrogen and oxygen atoms in total. The number of allylic oxidation sites excluding steroid dienone is 2. The Bertz CT molecular complexity index is 333. The molecule has 2 atom stereocenters. The molecule has 0 aromatic heterocycles. The highest BCUT2D eigenvalue weighted by Crippen LogP contribution is 2.34. The van der Waals surface area contributed by atoms with Crippen LogP contribution in [0.15, 0.2) is 12.2 Å². The van der Waals surface area contributed by atoms with Crippen molar-refractivity contribution in [3.8, 4) is 0 Å². The SMILES string of the molecule is CC=CCC1CC(=O)CC1CC(=O)OCCCCCC. The van der Waals surface area contributed by atoms with Crippen molar-refractivity contribution in [3.63, 3.8) is 0 Å². The van der Waals surface area contributed by atoms with Crippen molar-refractivity contribution in [3.05, 3.63) is 12.2 Å². The monoisotopic (exact) mass is 280 g/mol. The summed E-state index contributed by atoms with van der Waals surface area (Å²) in [6.45, 7) is 4.67. The lowest BCUT2D eigenvalue weighted by Gasteiger charge is -2.16. The second-order valence-electron chi connectivity index (χ2n) is 5.76. The van der Waals surface area contributed by atoms with Crippen molar-refractivity contribution < 1.29 is 14.3 Å². The van der Waals surface area contributed by atoms with Crippen molar-refractivity contribution in [1.29, 1.82) is 0 Å². The van der Waals surface area contributed by atoms with Crippen molar-refractivity contribution in [1.82, 2.24) is 0 Å². The number of carbonyl (C=O) groups excluding carboxylic acids is 2. The van der Waals surface area contributed by atoms with Gasteiger partial charge in [-0.25, -0.2) is 0 Å². The summed E-state index contributed by atoms with van der Waals surface area (Å²) < 4.78 is 5.27. The first-order valence-corrected chi connectivity index (χ1v) is 7.95. The minimum absolute atomic E-state index is 0.133. The van der Waals surface area contributed by atoms with Crippen LogP contribution in [0.2, 0.25) is 0 Å². The highest BCUT2D eigenvalue weighted by atomic mass is 16.5. The highest BCUT2D eigenvalue weighted by molar-refractivity contribution is 5.82. The van der Waals surface area contributed by atoms with Crippen LogP contribution in [-0.2, 0) is 14.3 Å². The van der Waals surface area contributed by atoms with Gasteiger partial charge in [-0.2, -0.15) is 0 Å². The van der Waals surface area contributed by atoms with Gasteiger partial charge in [-0.1, -0.05) is 38.3 Å². The molecule has 1 aliphatic carbocycles. The number of unbranched alkanes of at least 4 members (excludes halogenated alkanes) is 3. The van der Waals surface area contributed by atoms with E-state index in [1.54, 1.807) is 0 Å². The Hall–Kier alpha value is -1.12. The molecule has 1 aliphatic rings. The number of carbonyl (C=O) groups is 2. The molecule has 1 fully saturated rings. The van der Waals surface area contributed by atoms with Gasteiger partial charge in [0, 0.05) is 19.3 Å². The van der Waals surface area contributed by atoms with E-state index in [1.165, 1.54) is 12.8 Å². The van der Waals surface area contributed by atoms with Crippen LogP contribution in [0, 0.1) is 11.8 Å². The Morgan fingerprint density at radius 3 is 2.70 bits per heavy atom. The first kappa shape index (κ1) is 16.9. The first-order valence-electron chi connectivity index (χ1n) is 7.95. The van der Waals surface area contributed by atoms with Crippen LogP contribution in [-0.4, -0.2) is 18.4 Å². The van der Waals surface area contributed by atoms with Crippen LogP contribution in [0.25, 0.3) is 0 Å². The Labute approximate surface area is 122 Å². The summed E-state index contributed by atoms with van der Waals surface area (Å²) in [5, 5.41) is 0. The van der Waals surface area contributed by atoms with E-state index in [0.29, 0.717) is 37.6 Å². The maximum Gasteiger partial charge on any atom is 0.306 e. The molecular formula is C17H28O3. The van der Waals surface area contributed by atoms with E-state index < -0.39 is 0 Å². The molecule has 20 heavy (non-hydrogen) atoms. The van der Waals surface area contributed by atoms with Crippen molar-refractivity contribution in [2.24, 2.45) is 11.8 Å². The number of hydrogen-bond donors (Lipinski definition) is 0. The molecule has 3 heteroatoms. The normalized spacial score (nSPS) is 22.6. The second kappa shape index (κ2) is 9.73. The van der Waals surface area contributed by atoms with Gasteiger partial charge in [-0.05, 0) is 31.6 Å². The van der Waals surface area contributed by atoms with Crippen LogP contribution in [0.4, 0.5) is 0 Å². The zero-order valence-corrected chi connectivity index (χ0v) is 12.9. The molecule has 0 saturated heterocycles. The number of ether oxygens (including phenoxy) is 1. The largest absolute Gasteiger partial charge is 0.466 e. The summed E-state index contributed by atoms with van der Waals surface area (Å²) in [6, 6.07) is 0. The fourth-order valence-electron chi connectivity index (χ4n) is 2.81. The molecule has 1 saturated carbocycles. The summed E-state index contributed by atoms with van der Waals surface area (Å²) >= 11 is 0. The van der Waals surface area contributed by atoms with Gasteiger partial charge < -0.3 is 4.74 Å². The first-order chi connectivity index (χ1) is 9.67. The van der Waals surface area contributed by atoms with Crippen molar-refractivity contribution in [2.75, 3.05) is 6.61 Å². The summed E-state index contributed by atoms with van der Waals surface area (Å²) in [5.74, 6) is 0.667. The minimum Gasteiger partial charge on any atom is -0.466 e. The van der Waals surface area contributed by atoms with Gasteiger partial charge in [0.05, 0.1) is 6.61 Å². The van der Waals surface area contributed by atoms with Gasteiger partial charge in [0.1, 0.15) is 5.78 Å². The second-order valence-corrected chi connectivity index (χ2v) is 5.76. The lowest BCUT2D eigenvalue weighted by molar-refractivity contribution is -0.145. The van der Waals surface area contributed by atoms with Crippen LogP contribution < -0.4 is 0 Å². The fraction of sp³-hybridized carbons (Fsp3) is 0.765. The van der Waals surface area contributed by atoms with E-state index in [4.69, 9.17) is 4.74 Å². The predicted octanol–water partition coefficient (Wildman–Crippen LogP) is 4.06. The maximum atomic E-state index is 11.8. The maximum absolute atomic E-state index is 11.8. The third kappa shape index (κ3) is 6.36. The van der Waals surface area contributed by atoms with Crippen LogP contribution in [0.5, 0.6) is 0 Å². The van der Waals surface area contributed by atoms with Gasteiger partial charge >= 0.3 is 5.97 Å². The number of hydrogen-bond acceptors (Lipinski definition) is 3. The van der Waals surface area contributed by atoms with E-state index >= 15 is 0 Å². The van der Waals surface area contributed by atoms with Crippen LogP contribution in [0.3, 0.4) is 0 Å². The van der Waals surface area contributed by atoms with E-state index in [2.05, 4.69) is 13.0 Å². The number of esters is 1. The summed E-state index contributed by atoms with van der Waals surface area (Å²) in [7, 11) is 0. The molecule has 114 valence electrons. The highest BCUT2D eigenvalue weighted by Gasteiger charge is 2.33. The number of rotatable bonds is 9. The molecule has 1 rings (SSSR count). The minimum atomic E-state index is -0.133. The number of ketones is 1. The molecule has 2 unspecified atom stereocenters. The quantitative estimate of drug-likeness (QED) is 0.363. The van der Waals surface area contributed by atoms with Crippen LogP contribution >= 0.6 is 0 Å². The average molecular weight is 280 g/mol. The predicted molar refractivity (Wildman–Crippen MR) is 80.4 cm³/mol. The summed E-state index contributed by atoms with van der Waals surface area (Å²) in [5.41, 5.74) is 0. The molecule has 0 aromatic carbocycles. The topological polar surface area (TPSA) is 43.4 Å². The van der Waals surface area contributed by atoms with Crippen LogP contribution in [0.1, 0.15) is 65.2 Å². The van der Waals surface area contributed by atoms with Gasteiger partial charge in [-0.3, -0.25) is 9.59 Å². The molecular weight excluding hydrogens is 252 g/mol. The molecule has 0 aliphatic heterocycles. The summed E-state index contributed by atoms with van der Waals surface area (Å²) in [6.07, 6.45) is 11.0. The van der Waals surface area contributed by atoms with Gasteiger partial charge in [-0.15, -0.1) is 0 Å². The molecule has 0 radical (unpaired) electrons. The fourth-order valence-corrected chi connectivity index (χ4v) is 2.81.